The van der Waals surface area contributed by atoms with Crippen LogP contribution >= 0.6 is 0 Å². The van der Waals surface area contributed by atoms with Gasteiger partial charge >= 0.3 is 22.0 Å². The van der Waals surface area contributed by atoms with Gasteiger partial charge in [-0.25, -0.2) is 9.78 Å². The molecule has 2 saturated heterocycles. The van der Waals surface area contributed by atoms with Gasteiger partial charge in [-0.15, -0.1) is 0 Å². The van der Waals surface area contributed by atoms with Crippen LogP contribution in [0.4, 0.5) is 10.5 Å². The molecule has 13 heteroatoms. The molecule has 2 fully saturated rings. The van der Waals surface area contributed by atoms with Gasteiger partial charge < -0.3 is 20.5 Å². The molecule has 12 nitrogen and oxygen atoms in total. The first-order chi connectivity index (χ1) is 21.7. The van der Waals surface area contributed by atoms with Crippen LogP contribution in [0.25, 0.3) is 0 Å². The van der Waals surface area contributed by atoms with E-state index in [9.17, 15) is 23.6 Å². The molecule has 2 aromatic carbocycles. The Labute approximate surface area is 261 Å². The molecule has 1 aromatic heterocycles. The van der Waals surface area contributed by atoms with Crippen LogP contribution in [-0.2, 0) is 20.4 Å². The zero-order chi connectivity index (χ0) is 31.8. The van der Waals surface area contributed by atoms with Crippen molar-refractivity contribution in [3.05, 3.63) is 84.1 Å². The number of para-hydroxylation sites is 1. The molecule has 4 heterocycles. The number of pyridine rings is 1. The third-order valence-corrected chi connectivity index (χ3v) is 11.4. The fraction of sp³-hybridized carbons (Fsp3) is 0.375. The number of sulfonamides is 1. The van der Waals surface area contributed by atoms with Crippen LogP contribution in [0.2, 0.25) is 0 Å². The van der Waals surface area contributed by atoms with Crippen LogP contribution in [0.3, 0.4) is 0 Å². The molecule has 4 atom stereocenters. The molecule has 0 spiro atoms. The molecule has 3 aromatic rings. The van der Waals surface area contributed by atoms with Crippen LogP contribution in [0.5, 0.6) is 5.88 Å². The monoisotopic (exact) mass is 631 g/mol. The van der Waals surface area contributed by atoms with Crippen molar-refractivity contribution >= 4 is 27.7 Å². The number of imide groups is 1. The van der Waals surface area contributed by atoms with Crippen LogP contribution in [0, 0.1) is 11.3 Å². The maximum atomic E-state index is 15.8. The average molecular weight is 632 g/mol. The predicted octanol–water partition coefficient (Wildman–Crippen LogP) is 3.25. The summed E-state index contributed by atoms with van der Waals surface area (Å²) >= 11 is 0. The summed E-state index contributed by atoms with van der Waals surface area (Å²) in [6.45, 7) is 2.55. The van der Waals surface area contributed by atoms with Gasteiger partial charge in [-0.1, -0.05) is 36.4 Å². The summed E-state index contributed by atoms with van der Waals surface area (Å²) in [5.74, 6) is -1.81. The summed E-state index contributed by atoms with van der Waals surface area (Å²) in [7, 11) is -4.96. The summed E-state index contributed by atoms with van der Waals surface area (Å²) in [4.78, 5) is 35.4. The number of carbonyl (C=O) groups excluding carboxylic acids is 1. The molecule has 3 aliphatic heterocycles. The Bertz CT molecular complexity index is 1760. The van der Waals surface area contributed by atoms with Crippen molar-refractivity contribution in [3.8, 4) is 11.9 Å². The van der Waals surface area contributed by atoms with E-state index >= 15 is 4.79 Å². The molecule has 6 rings (SSSR count). The SMILES string of the molecule is CCOc1ncccc1C1(C2CNc3ccccc32)C(=O)[N+](C(=O)O)(S(=O)(=O)c2ccccc2)CC(C#N)N1C1CCNCC1. The summed E-state index contributed by atoms with van der Waals surface area (Å²) in [6, 6.07) is 18.4. The zero-order valence-electron chi connectivity index (χ0n) is 24.8. The lowest BCUT2D eigenvalue weighted by Crippen LogP contribution is -2.80. The topological polar surface area (TPSA) is 162 Å². The standard InChI is InChI=1S/C32H34N6O6S/c1-2-44-29-26(12-8-16-35-29)32(27-20-36-28-13-7-6-11-25(27)28)30(39)38(31(40)41,45(42,43)24-9-4-3-5-10-24)21-23(19-33)37(32)22-14-17-34-18-15-22/h3-13,16,22-23,27,34,36H,2,14-15,17-18,20-21H2,1H3/p+1. The Balaban J connectivity index is 1.76. The van der Waals surface area contributed by atoms with Gasteiger partial charge in [0.05, 0.1) is 12.7 Å². The molecule has 45 heavy (non-hydrogen) atoms. The lowest BCUT2D eigenvalue weighted by Gasteiger charge is -2.56. The van der Waals surface area contributed by atoms with E-state index in [1.165, 1.54) is 30.5 Å². The number of rotatable bonds is 7. The molecule has 3 N–H and O–H groups in total. The number of hydrogen-bond acceptors (Lipinski definition) is 10. The first-order valence-corrected chi connectivity index (χ1v) is 16.5. The minimum absolute atomic E-state index is 0.0795. The number of amides is 2. The van der Waals surface area contributed by atoms with Gasteiger partial charge in [0.2, 0.25) is 5.88 Å². The largest absolute Gasteiger partial charge is 0.537 e. The Morgan fingerprint density at radius 3 is 2.53 bits per heavy atom. The first-order valence-electron chi connectivity index (χ1n) is 15.0. The number of hydrogen-bond donors (Lipinski definition) is 3. The number of fused-ring (bicyclic) bond motifs is 1. The average Bonchev–Trinajstić information content (AvgIpc) is 3.50. The lowest BCUT2D eigenvalue weighted by molar-refractivity contribution is -0.668. The van der Waals surface area contributed by atoms with Crippen molar-refractivity contribution in [2.75, 3.05) is 38.1 Å². The highest BCUT2D eigenvalue weighted by molar-refractivity contribution is 7.86. The van der Waals surface area contributed by atoms with E-state index in [0.29, 0.717) is 31.5 Å². The second-order valence-electron chi connectivity index (χ2n) is 11.4. The number of nitriles is 1. The quantitative estimate of drug-likeness (QED) is 0.328. The number of piperidine rings is 1. The number of quaternary nitrogens is 1. The van der Waals surface area contributed by atoms with Gasteiger partial charge in [0.1, 0.15) is 11.4 Å². The van der Waals surface area contributed by atoms with Crippen molar-refractivity contribution in [2.45, 2.75) is 48.2 Å². The Morgan fingerprint density at radius 2 is 1.84 bits per heavy atom. The van der Waals surface area contributed by atoms with Crippen LogP contribution in [0.1, 0.15) is 36.8 Å². The number of benzene rings is 2. The molecule has 4 unspecified atom stereocenters. The molecule has 0 radical (unpaired) electrons. The van der Waals surface area contributed by atoms with Gasteiger partial charge in [0.25, 0.3) is 0 Å². The van der Waals surface area contributed by atoms with E-state index in [1.807, 2.05) is 29.2 Å². The number of aromatic nitrogens is 1. The Morgan fingerprint density at radius 1 is 1.13 bits per heavy atom. The number of anilines is 1. The second-order valence-corrected chi connectivity index (χ2v) is 13.5. The summed E-state index contributed by atoms with van der Waals surface area (Å²) in [6.07, 6.45) is 0.738. The van der Waals surface area contributed by atoms with Crippen LogP contribution in [-0.4, -0.2) is 84.2 Å². The van der Waals surface area contributed by atoms with Crippen molar-refractivity contribution in [3.63, 3.8) is 0 Å². The van der Waals surface area contributed by atoms with E-state index < -0.39 is 50.0 Å². The summed E-state index contributed by atoms with van der Waals surface area (Å²) in [5, 5.41) is 28.5. The van der Waals surface area contributed by atoms with Crippen molar-refractivity contribution in [1.29, 1.82) is 5.26 Å². The van der Waals surface area contributed by atoms with E-state index in [1.54, 1.807) is 25.1 Å². The second kappa shape index (κ2) is 11.9. The van der Waals surface area contributed by atoms with Gasteiger partial charge in [-0.3, -0.25) is 4.90 Å². The molecule has 2 amide bonds. The highest BCUT2D eigenvalue weighted by Gasteiger charge is 2.75. The van der Waals surface area contributed by atoms with Crippen molar-refractivity contribution in [1.82, 2.24) is 15.2 Å². The maximum Gasteiger partial charge on any atom is 0.537 e. The fourth-order valence-electron chi connectivity index (χ4n) is 7.38. The molecular formula is C32H35N6O6S+. The van der Waals surface area contributed by atoms with Crippen molar-refractivity contribution in [2.24, 2.45) is 0 Å². The van der Waals surface area contributed by atoms with Gasteiger partial charge in [-0.05, 0) is 72.6 Å². The highest BCUT2D eigenvalue weighted by atomic mass is 32.2. The zero-order valence-corrected chi connectivity index (χ0v) is 25.6. The Kier molecular flexibility index (Phi) is 8.09. The predicted molar refractivity (Wildman–Crippen MR) is 164 cm³/mol. The number of carboxylic acid groups (broad SMARTS) is 1. The number of piperazine rings is 1. The smallest absolute Gasteiger partial charge is 0.478 e. The first kappa shape index (κ1) is 30.7. The van der Waals surface area contributed by atoms with Gasteiger partial charge in [0.15, 0.2) is 11.6 Å². The number of nitrogens with one attached hydrogen (secondary N) is 2. The van der Waals surface area contributed by atoms with E-state index in [4.69, 9.17) is 4.74 Å². The normalized spacial score (nSPS) is 27.2. The minimum Gasteiger partial charge on any atom is -0.478 e. The van der Waals surface area contributed by atoms with Gasteiger partial charge in [-0.2, -0.15) is 18.5 Å². The van der Waals surface area contributed by atoms with Crippen molar-refractivity contribution < 1.29 is 31.7 Å². The fourth-order valence-corrected chi connectivity index (χ4v) is 9.15. The molecule has 0 aliphatic carbocycles. The molecule has 234 valence electrons. The third kappa shape index (κ3) is 4.51. The van der Waals surface area contributed by atoms with Crippen LogP contribution in [0.15, 0.2) is 77.8 Å². The minimum atomic E-state index is -4.96. The van der Waals surface area contributed by atoms with E-state index in [0.717, 1.165) is 5.69 Å². The molecular weight excluding hydrogens is 596 g/mol. The summed E-state index contributed by atoms with van der Waals surface area (Å²) in [5.41, 5.74) is -0.333. The third-order valence-electron chi connectivity index (χ3n) is 9.24. The van der Waals surface area contributed by atoms with E-state index in [-0.39, 0.29) is 35.5 Å². The lowest BCUT2D eigenvalue weighted by atomic mass is 9.69. The van der Waals surface area contributed by atoms with E-state index in [2.05, 4.69) is 21.7 Å². The maximum absolute atomic E-state index is 15.8. The number of ether oxygens (including phenoxy) is 1. The van der Waals surface area contributed by atoms with Crippen LogP contribution < -0.4 is 15.4 Å². The molecule has 3 aliphatic rings. The van der Waals surface area contributed by atoms with Gasteiger partial charge in [0, 0.05) is 36.0 Å². The molecule has 0 bridgehead atoms. The Hall–Kier alpha value is -4.35. The number of carbonyl (C=O) groups is 2. The highest BCUT2D eigenvalue weighted by Crippen LogP contribution is 2.56. The molecule has 0 saturated carbocycles. The number of nitrogens with zero attached hydrogens (tertiary/aromatic N) is 4. The summed E-state index contributed by atoms with van der Waals surface area (Å²) < 4.78 is 33.3.